The maximum absolute atomic E-state index is 13.1. The van der Waals surface area contributed by atoms with Crippen molar-refractivity contribution in [1.82, 2.24) is 9.80 Å². The number of halogens is 2. The number of ether oxygens (including phenoxy) is 1. The highest BCUT2D eigenvalue weighted by Crippen LogP contribution is 2.33. The van der Waals surface area contributed by atoms with Gasteiger partial charge in [0.2, 0.25) is 5.96 Å². The Kier molecular flexibility index (Phi) is 10.4. The Morgan fingerprint density at radius 3 is 2.18 bits per heavy atom. The fraction of sp³-hybridized carbons (Fsp3) is 0.577. The quantitative estimate of drug-likeness (QED) is 0.298. The van der Waals surface area contributed by atoms with Crippen LogP contribution in [0.15, 0.2) is 41.0 Å². The Morgan fingerprint density at radius 1 is 1.18 bits per heavy atom. The molecule has 1 fully saturated rings. The Morgan fingerprint density at radius 2 is 1.74 bits per heavy atom. The molecule has 0 aliphatic carbocycles. The molecule has 8 heteroatoms. The molecule has 1 amide bonds. The lowest BCUT2D eigenvalue weighted by atomic mass is 9.87. The van der Waals surface area contributed by atoms with Crippen LogP contribution in [0.5, 0.6) is 0 Å². The van der Waals surface area contributed by atoms with Gasteiger partial charge in [0.25, 0.3) is 0 Å². The molecule has 1 aliphatic heterocycles. The van der Waals surface area contributed by atoms with E-state index >= 15 is 0 Å². The van der Waals surface area contributed by atoms with Gasteiger partial charge in [-0.3, -0.25) is 0 Å². The van der Waals surface area contributed by atoms with Gasteiger partial charge in [-0.25, -0.2) is 14.8 Å². The highest BCUT2D eigenvalue weighted by Gasteiger charge is 2.41. The van der Waals surface area contributed by atoms with Crippen molar-refractivity contribution in [2.75, 3.05) is 0 Å². The lowest BCUT2D eigenvalue weighted by Crippen LogP contribution is -2.58. The molecule has 0 aromatic heterocycles. The molecule has 1 aliphatic rings. The van der Waals surface area contributed by atoms with Gasteiger partial charge in [-0.1, -0.05) is 43.6 Å². The molecular weight excluding hydrogens is 471 g/mol. The van der Waals surface area contributed by atoms with E-state index in [-0.39, 0.29) is 24.2 Å². The summed E-state index contributed by atoms with van der Waals surface area (Å²) in [5.41, 5.74) is 0.429. The third kappa shape index (κ3) is 7.74. The number of piperidine rings is 1. The molecule has 3 atom stereocenters. The predicted octanol–water partition coefficient (Wildman–Crippen LogP) is 7.34. The minimum atomic E-state index is -0.540. The number of benzene rings is 1. The molecule has 188 valence electrons. The molecule has 0 spiro atoms. The van der Waals surface area contributed by atoms with E-state index in [0.29, 0.717) is 22.5 Å². The summed E-state index contributed by atoms with van der Waals surface area (Å²) in [6, 6.07) is 5.73. The number of rotatable bonds is 6. The van der Waals surface area contributed by atoms with E-state index in [1.165, 1.54) is 6.20 Å². The van der Waals surface area contributed by atoms with Crippen LogP contribution in [0.4, 0.5) is 4.79 Å². The zero-order valence-electron chi connectivity index (χ0n) is 21.2. The zero-order chi connectivity index (χ0) is 25.5. The first-order chi connectivity index (χ1) is 16.0. The second kappa shape index (κ2) is 12.6. The van der Waals surface area contributed by atoms with Gasteiger partial charge in [0.15, 0.2) is 0 Å². The highest BCUT2D eigenvalue weighted by molar-refractivity contribution is 6.34. The number of guanidine groups is 1. The maximum atomic E-state index is 13.1. The number of aliphatic imine (C=N–C) groups is 2. The second-order valence-corrected chi connectivity index (χ2v) is 10.4. The predicted molar refractivity (Wildman–Crippen MR) is 143 cm³/mol. The zero-order valence-corrected chi connectivity index (χ0v) is 22.7. The standard InChI is InChI=1S/C26H38Cl2N4O2/c1-8-21-15-23(16-22(9-2)32(21)25(33)34-26(5,6)7)31(24(29-10-3)30-11-4)17-18-12-19(27)14-20(28)13-18/h10-14,21-23H,3,8-9,15-17H2,1-2,4-7H3/b29-24?,30-11-/t21-,22+,23?. The third-order valence-corrected chi connectivity index (χ3v) is 6.28. The van der Waals surface area contributed by atoms with Crippen LogP contribution in [0.25, 0.3) is 0 Å². The number of carbonyl (C=O) groups excluding carboxylic acids is 1. The second-order valence-electron chi connectivity index (χ2n) is 9.54. The summed E-state index contributed by atoms with van der Waals surface area (Å²) in [5, 5.41) is 1.17. The molecule has 0 bridgehead atoms. The van der Waals surface area contributed by atoms with Gasteiger partial charge in [0.05, 0.1) is 0 Å². The average Bonchev–Trinajstić information content (AvgIpc) is 2.74. The summed E-state index contributed by atoms with van der Waals surface area (Å²) in [5.74, 6) is 0.578. The van der Waals surface area contributed by atoms with Crippen LogP contribution in [0, 0.1) is 0 Å². The number of nitrogens with zero attached hydrogens (tertiary/aromatic N) is 4. The summed E-state index contributed by atoms with van der Waals surface area (Å²) in [6.07, 6.45) is 6.19. The minimum absolute atomic E-state index is 0.0413. The van der Waals surface area contributed by atoms with Crippen LogP contribution in [0.1, 0.15) is 72.8 Å². The van der Waals surface area contributed by atoms with Gasteiger partial charge < -0.3 is 14.5 Å². The van der Waals surface area contributed by atoms with Gasteiger partial charge in [0, 0.05) is 47.1 Å². The van der Waals surface area contributed by atoms with Crippen LogP contribution in [-0.2, 0) is 11.3 Å². The summed E-state index contributed by atoms with van der Waals surface area (Å²) in [4.78, 5) is 26.3. The van der Waals surface area contributed by atoms with E-state index in [9.17, 15) is 4.79 Å². The Hall–Kier alpha value is -2.05. The molecule has 1 aromatic carbocycles. The van der Waals surface area contributed by atoms with Crippen molar-refractivity contribution in [2.24, 2.45) is 9.98 Å². The Bertz CT molecular complexity index is 876. The average molecular weight is 510 g/mol. The van der Waals surface area contributed by atoms with E-state index in [4.69, 9.17) is 27.9 Å². The molecule has 1 aromatic rings. The van der Waals surface area contributed by atoms with E-state index in [2.05, 4.69) is 35.3 Å². The molecule has 6 nitrogen and oxygen atoms in total. The van der Waals surface area contributed by atoms with Crippen molar-refractivity contribution in [3.8, 4) is 0 Å². The first-order valence-electron chi connectivity index (χ1n) is 11.9. The summed E-state index contributed by atoms with van der Waals surface area (Å²) in [7, 11) is 0. The van der Waals surface area contributed by atoms with Gasteiger partial charge in [0.1, 0.15) is 5.60 Å². The van der Waals surface area contributed by atoms with Crippen molar-refractivity contribution < 1.29 is 9.53 Å². The Balaban J connectivity index is 2.44. The fourth-order valence-electron chi connectivity index (χ4n) is 4.48. The summed E-state index contributed by atoms with van der Waals surface area (Å²) >= 11 is 12.6. The molecule has 0 saturated carbocycles. The van der Waals surface area contributed by atoms with Crippen molar-refractivity contribution in [2.45, 2.75) is 97.5 Å². The van der Waals surface area contributed by atoms with Crippen LogP contribution in [0.3, 0.4) is 0 Å². The smallest absolute Gasteiger partial charge is 0.410 e. The lowest BCUT2D eigenvalue weighted by Gasteiger charge is -2.48. The van der Waals surface area contributed by atoms with Crippen molar-refractivity contribution >= 4 is 41.5 Å². The van der Waals surface area contributed by atoms with Crippen LogP contribution < -0.4 is 0 Å². The largest absolute Gasteiger partial charge is 0.444 e. The van der Waals surface area contributed by atoms with Crippen LogP contribution in [-0.4, -0.2) is 51.8 Å². The number of hydrogen-bond acceptors (Lipinski definition) is 3. The maximum Gasteiger partial charge on any atom is 0.410 e. The van der Waals surface area contributed by atoms with Gasteiger partial charge >= 0.3 is 6.09 Å². The molecule has 1 heterocycles. The first kappa shape index (κ1) is 28.2. The van der Waals surface area contributed by atoms with E-state index < -0.39 is 5.60 Å². The third-order valence-electron chi connectivity index (χ3n) is 5.85. The normalized spacial score (nSPS) is 21.6. The van der Waals surface area contributed by atoms with Crippen LogP contribution >= 0.6 is 23.2 Å². The van der Waals surface area contributed by atoms with Crippen molar-refractivity contribution in [3.63, 3.8) is 0 Å². The number of likely N-dealkylation sites (tertiary alicyclic amines) is 1. The molecular formula is C26H38Cl2N4O2. The summed E-state index contributed by atoms with van der Waals surface area (Å²) in [6.45, 7) is 16.1. The fourth-order valence-corrected chi connectivity index (χ4v) is 5.06. The number of carbonyl (C=O) groups is 1. The van der Waals surface area contributed by atoms with Gasteiger partial charge in [-0.2, -0.15) is 0 Å². The first-order valence-corrected chi connectivity index (χ1v) is 12.7. The lowest BCUT2D eigenvalue weighted by molar-refractivity contribution is -0.0174. The SMILES string of the molecule is C=CN=C(/N=C\C)N(Cc1cc(Cl)cc(Cl)c1)C1C[C@@H](CC)N(C(=O)OC(C)(C)C)[C@@H](CC)C1. The van der Waals surface area contributed by atoms with E-state index in [1.54, 1.807) is 12.3 Å². The molecule has 1 saturated heterocycles. The molecule has 34 heavy (non-hydrogen) atoms. The van der Waals surface area contributed by atoms with Gasteiger partial charge in [-0.15, -0.1) is 0 Å². The number of hydrogen-bond donors (Lipinski definition) is 0. The van der Waals surface area contributed by atoms with Gasteiger partial charge in [-0.05, 0) is 77.1 Å². The van der Waals surface area contributed by atoms with E-state index in [0.717, 1.165) is 31.2 Å². The number of amides is 1. The van der Waals surface area contributed by atoms with E-state index in [1.807, 2.05) is 44.7 Å². The monoisotopic (exact) mass is 508 g/mol. The Labute approximate surface area is 214 Å². The minimum Gasteiger partial charge on any atom is -0.444 e. The molecule has 1 unspecified atom stereocenters. The topological polar surface area (TPSA) is 57.5 Å². The summed E-state index contributed by atoms with van der Waals surface area (Å²) < 4.78 is 5.77. The highest BCUT2D eigenvalue weighted by atomic mass is 35.5. The van der Waals surface area contributed by atoms with Crippen LogP contribution in [0.2, 0.25) is 10.0 Å². The molecule has 0 N–H and O–H groups in total. The van der Waals surface area contributed by atoms with Crippen molar-refractivity contribution in [1.29, 1.82) is 0 Å². The van der Waals surface area contributed by atoms with Crippen molar-refractivity contribution in [3.05, 3.63) is 46.6 Å². The molecule has 2 rings (SSSR count). The molecule has 0 radical (unpaired) electrons.